The number of hydrogen-bond acceptors (Lipinski definition) is 11. The van der Waals surface area contributed by atoms with Gasteiger partial charge in [0.15, 0.2) is 6.23 Å². The van der Waals surface area contributed by atoms with Gasteiger partial charge in [0.1, 0.15) is 31.0 Å². The summed E-state index contributed by atoms with van der Waals surface area (Å²) in [6, 6.07) is 8.74. The first-order valence-electron chi connectivity index (χ1n) is 10.2. The third-order valence-electron chi connectivity index (χ3n) is 5.20. The van der Waals surface area contributed by atoms with Crippen LogP contribution in [0, 0.1) is 6.92 Å². The maximum atomic E-state index is 12.5. The maximum absolute atomic E-state index is 12.5. The first kappa shape index (κ1) is 27.2. The second-order valence-corrected chi connectivity index (χ2v) is 11.5. The number of aliphatic hydroxyl groups excluding tert-OH is 1. The summed E-state index contributed by atoms with van der Waals surface area (Å²) in [5.41, 5.74) is -2.76. The molecule has 2 heterocycles. The van der Waals surface area contributed by atoms with Gasteiger partial charge in [-0.05, 0) is 12.5 Å². The van der Waals surface area contributed by atoms with Crippen LogP contribution >= 0.6 is 0 Å². The molecule has 1 fully saturated rings. The topological polar surface area (TPSA) is 180 Å². The SMILES string of the molecule is Cc1cn([C@@H]2OC(COS(C)(=O)=O)(COS(C)(=O)=O)[C@H](OCc3ccccc3)[C@@H]2O)c(=O)[nH]c1=O. The Labute approximate surface area is 201 Å². The normalized spacial score (nSPS) is 22.3. The van der Waals surface area contributed by atoms with E-state index in [1.807, 2.05) is 0 Å². The molecule has 1 aromatic carbocycles. The summed E-state index contributed by atoms with van der Waals surface area (Å²) in [5.74, 6) is 0. The number of nitrogens with zero attached hydrogens (tertiary/aromatic N) is 1. The Hall–Kier alpha value is -2.40. The van der Waals surface area contributed by atoms with Crippen LogP contribution in [0.1, 0.15) is 17.4 Å². The highest BCUT2D eigenvalue weighted by molar-refractivity contribution is 7.86. The minimum Gasteiger partial charge on any atom is -0.386 e. The van der Waals surface area contributed by atoms with Crippen molar-refractivity contribution in [3.8, 4) is 0 Å². The van der Waals surface area contributed by atoms with Crippen molar-refractivity contribution in [2.75, 3.05) is 25.7 Å². The fourth-order valence-electron chi connectivity index (χ4n) is 3.53. The predicted molar refractivity (Wildman–Crippen MR) is 122 cm³/mol. The van der Waals surface area contributed by atoms with E-state index in [2.05, 4.69) is 4.98 Å². The van der Waals surface area contributed by atoms with E-state index >= 15 is 0 Å². The first-order valence-corrected chi connectivity index (χ1v) is 13.9. The number of rotatable bonds is 10. The molecular formula is C20H26N2O11S2. The number of benzene rings is 1. The van der Waals surface area contributed by atoms with Crippen molar-refractivity contribution in [1.82, 2.24) is 9.55 Å². The lowest BCUT2D eigenvalue weighted by Crippen LogP contribution is -2.52. The Morgan fingerprint density at radius 3 is 2.17 bits per heavy atom. The minimum atomic E-state index is -4.05. The smallest absolute Gasteiger partial charge is 0.330 e. The number of aromatic nitrogens is 2. The second-order valence-electron chi connectivity index (χ2n) is 8.19. The monoisotopic (exact) mass is 534 g/mol. The lowest BCUT2D eigenvalue weighted by molar-refractivity contribution is -0.154. The third kappa shape index (κ3) is 6.84. The molecular weight excluding hydrogens is 508 g/mol. The van der Waals surface area contributed by atoms with Crippen molar-refractivity contribution in [3.63, 3.8) is 0 Å². The lowest BCUT2D eigenvalue weighted by Gasteiger charge is -2.33. The summed E-state index contributed by atoms with van der Waals surface area (Å²) in [7, 11) is -8.10. The zero-order chi connectivity index (χ0) is 26.0. The highest BCUT2D eigenvalue weighted by atomic mass is 32.2. The van der Waals surface area contributed by atoms with Gasteiger partial charge in [-0.15, -0.1) is 0 Å². The molecule has 0 spiro atoms. The van der Waals surface area contributed by atoms with Crippen molar-refractivity contribution in [1.29, 1.82) is 0 Å². The van der Waals surface area contributed by atoms with Crippen molar-refractivity contribution >= 4 is 20.2 Å². The number of aromatic amines is 1. The van der Waals surface area contributed by atoms with E-state index in [0.717, 1.165) is 23.3 Å². The molecule has 0 aliphatic carbocycles. The van der Waals surface area contributed by atoms with Crippen LogP contribution < -0.4 is 11.2 Å². The molecule has 2 N–H and O–H groups in total. The minimum absolute atomic E-state index is 0.0856. The predicted octanol–water partition coefficient (Wildman–Crippen LogP) is -0.989. The average molecular weight is 535 g/mol. The molecule has 0 saturated carbocycles. The van der Waals surface area contributed by atoms with Gasteiger partial charge in [0.2, 0.25) is 0 Å². The van der Waals surface area contributed by atoms with Crippen LogP contribution in [0.25, 0.3) is 0 Å². The van der Waals surface area contributed by atoms with Gasteiger partial charge in [-0.1, -0.05) is 30.3 Å². The van der Waals surface area contributed by atoms with Crippen LogP contribution in [-0.2, 0) is 44.7 Å². The quantitative estimate of drug-likeness (QED) is 0.357. The number of aryl methyl sites for hydroxylation is 1. The Kier molecular flexibility index (Phi) is 8.00. The number of nitrogens with one attached hydrogen (secondary N) is 1. The van der Waals surface area contributed by atoms with Crippen LogP contribution in [0.5, 0.6) is 0 Å². The Morgan fingerprint density at radius 2 is 1.63 bits per heavy atom. The summed E-state index contributed by atoms with van der Waals surface area (Å²) in [4.78, 5) is 26.4. The molecule has 13 nitrogen and oxygen atoms in total. The molecule has 0 bridgehead atoms. The first-order chi connectivity index (χ1) is 16.2. The Balaban J connectivity index is 2.07. The maximum Gasteiger partial charge on any atom is 0.330 e. The van der Waals surface area contributed by atoms with Crippen LogP contribution in [0.4, 0.5) is 0 Å². The van der Waals surface area contributed by atoms with E-state index < -0.39 is 68.7 Å². The summed E-state index contributed by atoms with van der Waals surface area (Å²) in [6.45, 7) is -0.263. The third-order valence-corrected chi connectivity index (χ3v) is 6.30. The number of H-pyrrole nitrogens is 1. The fraction of sp³-hybridized carbons (Fsp3) is 0.500. The average Bonchev–Trinajstić information content (AvgIpc) is 3.04. The van der Waals surface area contributed by atoms with Gasteiger partial charge in [0, 0.05) is 11.8 Å². The molecule has 1 aliphatic rings. The van der Waals surface area contributed by atoms with Crippen LogP contribution in [0.3, 0.4) is 0 Å². The lowest BCUT2D eigenvalue weighted by atomic mass is 9.96. The highest BCUT2D eigenvalue weighted by Gasteiger charge is 2.58. The molecule has 0 radical (unpaired) electrons. The number of hydrogen-bond donors (Lipinski definition) is 2. The highest BCUT2D eigenvalue weighted by Crippen LogP contribution is 2.40. The molecule has 3 atom stereocenters. The van der Waals surface area contributed by atoms with Gasteiger partial charge in [-0.25, -0.2) is 4.79 Å². The number of ether oxygens (including phenoxy) is 2. The van der Waals surface area contributed by atoms with Gasteiger partial charge in [0.25, 0.3) is 25.8 Å². The molecule has 35 heavy (non-hydrogen) atoms. The largest absolute Gasteiger partial charge is 0.386 e. The molecule has 194 valence electrons. The summed E-state index contributed by atoms with van der Waals surface area (Å²) in [5, 5.41) is 11.1. The molecule has 1 saturated heterocycles. The van der Waals surface area contributed by atoms with E-state index in [-0.39, 0.29) is 12.2 Å². The molecule has 0 amide bonds. The molecule has 1 aromatic heterocycles. The van der Waals surface area contributed by atoms with E-state index in [0.29, 0.717) is 5.56 Å². The van der Waals surface area contributed by atoms with Gasteiger partial charge in [-0.2, -0.15) is 16.8 Å². The summed E-state index contributed by atoms with van der Waals surface area (Å²) in [6.07, 6.45) is -1.87. The van der Waals surface area contributed by atoms with Crippen LogP contribution in [0.15, 0.2) is 46.1 Å². The summed E-state index contributed by atoms with van der Waals surface area (Å²) >= 11 is 0. The van der Waals surface area contributed by atoms with Crippen molar-refractivity contribution < 1.29 is 39.8 Å². The zero-order valence-corrected chi connectivity index (χ0v) is 20.7. The fourth-order valence-corrected chi connectivity index (χ4v) is 4.36. The number of aliphatic hydroxyl groups is 1. The molecule has 1 aliphatic heterocycles. The van der Waals surface area contributed by atoms with Gasteiger partial charge >= 0.3 is 5.69 Å². The van der Waals surface area contributed by atoms with Crippen molar-refractivity contribution in [2.45, 2.75) is 37.6 Å². The molecule has 15 heteroatoms. The van der Waals surface area contributed by atoms with Gasteiger partial charge in [0.05, 0.1) is 19.1 Å². The van der Waals surface area contributed by atoms with Crippen LogP contribution in [0.2, 0.25) is 0 Å². The van der Waals surface area contributed by atoms with Crippen molar-refractivity contribution in [3.05, 3.63) is 68.5 Å². The van der Waals surface area contributed by atoms with E-state index in [1.54, 1.807) is 30.3 Å². The summed E-state index contributed by atoms with van der Waals surface area (Å²) < 4.78 is 69.5. The van der Waals surface area contributed by atoms with E-state index in [9.17, 15) is 31.5 Å². The van der Waals surface area contributed by atoms with E-state index in [1.165, 1.54) is 6.92 Å². The second kappa shape index (κ2) is 10.3. The van der Waals surface area contributed by atoms with Crippen LogP contribution in [-0.4, -0.2) is 75.0 Å². The van der Waals surface area contributed by atoms with E-state index in [4.69, 9.17) is 17.8 Å². The van der Waals surface area contributed by atoms with Crippen molar-refractivity contribution in [2.24, 2.45) is 0 Å². The van der Waals surface area contributed by atoms with Gasteiger partial charge in [-0.3, -0.25) is 22.7 Å². The zero-order valence-electron chi connectivity index (χ0n) is 19.1. The molecule has 2 aromatic rings. The molecule has 0 unspecified atom stereocenters. The Bertz CT molecular complexity index is 1330. The Morgan fingerprint density at radius 1 is 1.06 bits per heavy atom. The van der Waals surface area contributed by atoms with Gasteiger partial charge < -0.3 is 14.6 Å². The molecule has 3 rings (SSSR count). The standard InChI is InChI=1S/C20H26N2O11S2/c1-13-9-22(19(25)21-17(13)24)18-15(23)16(30-10-14-7-5-4-6-8-14)20(33-18,11-31-34(2,26)27)12-32-35(3,28)29/h4-9,15-16,18,23H,10-12H2,1-3H3,(H,21,24,25)/t15-,16+,18+/m0/s1.